The first-order chi connectivity index (χ1) is 9.56. The monoisotopic (exact) mass is 282 g/mol. The molecule has 2 atom stereocenters. The second-order valence-corrected chi connectivity index (χ2v) is 4.81. The third kappa shape index (κ3) is 2.36. The number of nitrogens with zero attached hydrogens (tertiary/aromatic N) is 1. The van der Waals surface area contributed by atoms with Crippen molar-refractivity contribution in [3.05, 3.63) is 29.8 Å². The lowest BCUT2D eigenvalue weighted by molar-refractivity contribution is -0.122. The van der Waals surface area contributed by atoms with Gasteiger partial charge < -0.3 is 15.0 Å². The lowest BCUT2D eigenvalue weighted by Gasteiger charge is -2.18. The Morgan fingerprint density at radius 2 is 2.00 bits per heavy atom. The lowest BCUT2D eigenvalue weighted by Crippen LogP contribution is -2.39. The molecule has 0 bridgehead atoms. The third-order valence-corrected chi connectivity index (χ3v) is 3.30. The normalized spacial score (nSPS) is 24.9. The summed E-state index contributed by atoms with van der Waals surface area (Å²) in [6, 6.07) is 2.96. The molecule has 2 heterocycles. The van der Waals surface area contributed by atoms with E-state index in [4.69, 9.17) is 4.74 Å². The van der Waals surface area contributed by atoms with Gasteiger partial charge in [-0.05, 0) is 12.1 Å². The average Bonchev–Trinajstić information content (AvgIpc) is 3.16. The molecule has 1 N–H and O–H groups in total. The lowest BCUT2D eigenvalue weighted by atomic mass is 10.2. The number of carbonyl (C=O) groups excluding carboxylic acids is 2. The molecule has 0 saturated carbocycles. The van der Waals surface area contributed by atoms with E-state index in [-0.39, 0.29) is 24.6 Å². The fraction of sp³-hybridized carbons (Fsp3) is 0.385. The van der Waals surface area contributed by atoms with Crippen molar-refractivity contribution in [1.29, 1.82) is 0 Å². The van der Waals surface area contributed by atoms with Crippen molar-refractivity contribution in [2.24, 2.45) is 0 Å². The Morgan fingerprint density at radius 1 is 1.35 bits per heavy atom. The molecule has 0 aliphatic carbocycles. The number of hydrogen-bond donors (Lipinski definition) is 1. The molecule has 0 radical (unpaired) electrons. The number of para-hydroxylation sites is 1. The van der Waals surface area contributed by atoms with Crippen LogP contribution in [-0.2, 0) is 14.3 Å². The quantitative estimate of drug-likeness (QED) is 0.825. The highest BCUT2D eigenvalue weighted by Crippen LogP contribution is 2.27. The van der Waals surface area contributed by atoms with E-state index in [0.717, 1.165) is 17.0 Å². The van der Waals surface area contributed by atoms with Crippen molar-refractivity contribution in [3.8, 4) is 0 Å². The SMILES string of the molecule is O=C(NC1CC(=O)N(c2c(F)cccc2F)C1)C1CO1. The number of ether oxygens (including phenoxy) is 1. The van der Waals surface area contributed by atoms with Crippen LogP contribution in [0.1, 0.15) is 6.42 Å². The Hall–Kier alpha value is -2.02. The van der Waals surface area contributed by atoms with Crippen LogP contribution in [0.2, 0.25) is 0 Å². The average molecular weight is 282 g/mol. The number of hydrogen-bond acceptors (Lipinski definition) is 3. The largest absolute Gasteiger partial charge is 0.363 e. The van der Waals surface area contributed by atoms with Crippen LogP contribution in [0.15, 0.2) is 18.2 Å². The van der Waals surface area contributed by atoms with Crippen LogP contribution in [0, 0.1) is 11.6 Å². The Bertz CT molecular complexity index is 554. The van der Waals surface area contributed by atoms with Crippen molar-refractivity contribution < 1.29 is 23.1 Å². The van der Waals surface area contributed by atoms with E-state index in [0.29, 0.717) is 6.61 Å². The van der Waals surface area contributed by atoms with Gasteiger partial charge in [0.15, 0.2) is 6.10 Å². The molecule has 1 aromatic rings. The molecule has 0 spiro atoms. The fourth-order valence-corrected chi connectivity index (χ4v) is 2.26. The van der Waals surface area contributed by atoms with Crippen molar-refractivity contribution >= 4 is 17.5 Å². The number of carbonyl (C=O) groups is 2. The van der Waals surface area contributed by atoms with Crippen LogP contribution < -0.4 is 10.2 Å². The zero-order valence-electron chi connectivity index (χ0n) is 10.4. The zero-order chi connectivity index (χ0) is 14.3. The van der Waals surface area contributed by atoms with Gasteiger partial charge >= 0.3 is 0 Å². The zero-order valence-corrected chi connectivity index (χ0v) is 10.4. The van der Waals surface area contributed by atoms with Crippen LogP contribution >= 0.6 is 0 Å². The molecule has 106 valence electrons. The van der Waals surface area contributed by atoms with E-state index in [2.05, 4.69) is 5.32 Å². The summed E-state index contributed by atoms with van der Waals surface area (Å²) in [6.45, 7) is 0.424. The second kappa shape index (κ2) is 4.82. The molecule has 2 aliphatic rings. The standard InChI is InChI=1S/C13H12F2N2O3/c14-8-2-1-3-9(15)12(8)17-5-7(4-11(17)18)16-13(19)10-6-20-10/h1-3,7,10H,4-6H2,(H,16,19). The summed E-state index contributed by atoms with van der Waals surface area (Å²) >= 11 is 0. The number of rotatable bonds is 3. The number of halogens is 2. The third-order valence-electron chi connectivity index (χ3n) is 3.30. The molecule has 5 nitrogen and oxygen atoms in total. The molecule has 2 saturated heterocycles. The minimum atomic E-state index is -0.796. The van der Waals surface area contributed by atoms with Gasteiger partial charge in [-0.3, -0.25) is 9.59 Å². The maximum atomic E-state index is 13.7. The summed E-state index contributed by atoms with van der Waals surface area (Å²) in [5.74, 6) is -2.30. The molecule has 0 aromatic heterocycles. The van der Waals surface area contributed by atoms with Crippen LogP contribution in [0.4, 0.5) is 14.5 Å². The van der Waals surface area contributed by atoms with E-state index in [1.54, 1.807) is 0 Å². The fourth-order valence-electron chi connectivity index (χ4n) is 2.26. The molecular formula is C13H12F2N2O3. The van der Waals surface area contributed by atoms with Gasteiger partial charge in [0.25, 0.3) is 5.91 Å². The van der Waals surface area contributed by atoms with Gasteiger partial charge in [0.1, 0.15) is 17.3 Å². The van der Waals surface area contributed by atoms with Crippen molar-refractivity contribution in [2.45, 2.75) is 18.6 Å². The van der Waals surface area contributed by atoms with Crippen LogP contribution in [0.25, 0.3) is 0 Å². The molecular weight excluding hydrogens is 270 g/mol. The molecule has 7 heteroatoms. The van der Waals surface area contributed by atoms with Crippen LogP contribution in [0.5, 0.6) is 0 Å². The first-order valence-electron chi connectivity index (χ1n) is 6.22. The Kier molecular flexibility index (Phi) is 3.13. The number of amides is 2. The number of epoxide rings is 1. The highest BCUT2D eigenvalue weighted by Gasteiger charge is 2.38. The van der Waals surface area contributed by atoms with Gasteiger partial charge in [-0.15, -0.1) is 0 Å². The summed E-state index contributed by atoms with van der Waals surface area (Å²) in [4.78, 5) is 24.4. The summed E-state index contributed by atoms with van der Waals surface area (Å²) in [7, 11) is 0. The molecule has 2 unspecified atom stereocenters. The van der Waals surface area contributed by atoms with Gasteiger partial charge in [0.05, 0.1) is 12.6 Å². The molecule has 2 amide bonds. The van der Waals surface area contributed by atoms with E-state index in [1.807, 2.05) is 0 Å². The van der Waals surface area contributed by atoms with Crippen molar-refractivity contribution in [2.75, 3.05) is 18.1 Å². The Labute approximate surface area is 113 Å². The second-order valence-electron chi connectivity index (χ2n) is 4.81. The first kappa shape index (κ1) is 13.0. The Morgan fingerprint density at radius 3 is 2.60 bits per heavy atom. The molecule has 20 heavy (non-hydrogen) atoms. The van der Waals surface area contributed by atoms with Gasteiger partial charge in [-0.2, -0.15) is 0 Å². The Balaban J connectivity index is 1.75. The minimum Gasteiger partial charge on any atom is -0.363 e. The number of anilines is 1. The summed E-state index contributed by atoms with van der Waals surface area (Å²) < 4.78 is 32.2. The first-order valence-corrected chi connectivity index (χ1v) is 6.22. The highest BCUT2D eigenvalue weighted by molar-refractivity contribution is 5.97. The van der Waals surface area contributed by atoms with E-state index >= 15 is 0 Å². The maximum Gasteiger partial charge on any atom is 0.251 e. The van der Waals surface area contributed by atoms with Crippen LogP contribution in [0.3, 0.4) is 0 Å². The maximum absolute atomic E-state index is 13.7. The van der Waals surface area contributed by atoms with Gasteiger partial charge in [0, 0.05) is 13.0 Å². The van der Waals surface area contributed by atoms with E-state index in [1.165, 1.54) is 6.07 Å². The minimum absolute atomic E-state index is 0.0201. The topological polar surface area (TPSA) is 61.9 Å². The van der Waals surface area contributed by atoms with Crippen molar-refractivity contribution in [3.63, 3.8) is 0 Å². The molecule has 2 fully saturated rings. The highest BCUT2D eigenvalue weighted by atomic mass is 19.1. The summed E-state index contributed by atoms with van der Waals surface area (Å²) in [5, 5.41) is 2.64. The smallest absolute Gasteiger partial charge is 0.251 e. The summed E-state index contributed by atoms with van der Waals surface area (Å²) in [5.41, 5.74) is -0.364. The predicted molar refractivity (Wildman–Crippen MR) is 65.0 cm³/mol. The number of nitrogens with one attached hydrogen (secondary N) is 1. The molecule has 1 aromatic carbocycles. The van der Waals surface area contributed by atoms with Crippen LogP contribution in [-0.4, -0.2) is 37.1 Å². The van der Waals surface area contributed by atoms with E-state index < -0.39 is 29.7 Å². The molecule has 3 rings (SSSR count). The number of benzene rings is 1. The van der Waals surface area contributed by atoms with Gasteiger partial charge in [0.2, 0.25) is 5.91 Å². The molecule has 2 aliphatic heterocycles. The van der Waals surface area contributed by atoms with Gasteiger partial charge in [-0.1, -0.05) is 6.07 Å². The van der Waals surface area contributed by atoms with E-state index in [9.17, 15) is 18.4 Å². The predicted octanol–water partition coefficient (Wildman–Crippen LogP) is 0.585. The summed E-state index contributed by atoms with van der Waals surface area (Å²) in [6.07, 6.45) is -0.434. The van der Waals surface area contributed by atoms with Gasteiger partial charge in [-0.25, -0.2) is 8.78 Å². The van der Waals surface area contributed by atoms with Crippen molar-refractivity contribution in [1.82, 2.24) is 5.32 Å².